The third-order valence-electron chi connectivity index (χ3n) is 3.99. The third kappa shape index (κ3) is 3.22. The van der Waals surface area contributed by atoms with Gasteiger partial charge in [0.25, 0.3) is 0 Å². The lowest BCUT2D eigenvalue weighted by atomic mass is 9.95. The van der Waals surface area contributed by atoms with Crippen LogP contribution in [0.2, 0.25) is 5.02 Å². The molecule has 112 valence electrons. The number of nitrogens with zero attached hydrogens (tertiary/aromatic N) is 2. The lowest BCUT2D eigenvalue weighted by Crippen LogP contribution is -2.23. The number of benzene rings is 1. The average molecular weight is 325 g/mol. The molecule has 0 bridgehead atoms. The highest BCUT2D eigenvalue weighted by molar-refractivity contribution is 7.07. The van der Waals surface area contributed by atoms with Crippen molar-refractivity contribution in [1.29, 1.82) is 0 Å². The molecule has 0 radical (unpaired) electrons. The van der Waals surface area contributed by atoms with Crippen molar-refractivity contribution in [3.05, 3.63) is 44.9 Å². The zero-order valence-electron chi connectivity index (χ0n) is 12.0. The van der Waals surface area contributed by atoms with E-state index in [2.05, 4.69) is 21.9 Å². The van der Waals surface area contributed by atoms with Crippen LogP contribution in [0.4, 0.5) is 10.1 Å². The van der Waals surface area contributed by atoms with Crippen molar-refractivity contribution in [3.8, 4) is 0 Å². The maximum atomic E-state index is 13.5. The van der Waals surface area contributed by atoms with E-state index in [0.717, 1.165) is 4.80 Å². The predicted molar refractivity (Wildman–Crippen MR) is 85.8 cm³/mol. The second-order valence-corrected chi connectivity index (χ2v) is 6.78. The number of hydrogen-bond acceptors (Lipinski definition) is 2. The second-order valence-electron chi connectivity index (χ2n) is 5.53. The SMILES string of the molecule is Cc1csc(=Nc2ccc(Cl)c(F)c2)n1C1CCCCC1. The Kier molecular flexibility index (Phi) is 4.45. The van der Waals surface area contributed by atoms with Gasteiger partial charge in [0.05, 0.1) is 10.7 Å². The Hall–Kier alpha value is -1.13. The van der Waals surface area contributed by atoms with E-state index in [1.54, 1.807) is 23.5 Å². The minimum Gasteiger partial charge on any atom is -0.318 e. The summed E-state index contributed by atoms with van der Waals surface area (Å²) < 4.78 is 15.9. The van der Waals surface area contributed by atoms with Gasteiger partial charge in [0.1, 0.15) is 5.82 Å². The predicted octanol–water partition coefficient (Wildman–Crippen LogP) is 5.39. The van der Waals surface area contributed by atoms with E-state index >= 15 is 0 Å². The Morgan fingerprint density at radius 3 is 2.76 bits per heavy atom. The smallest absolute Gasteiger partial charge is 0.190 e. The van der Waals surface area contributed by atoms with Gasteiger partial charge in [-0.05, 0) is 31.9 Å². The zero-order chi connectivity index (χ0) is 14.8. The summed E-state index contributed by atoms with van der Waals surface area (Å²) in [6.07, 6.45) is 6.30. The molecule has 0 unspecified atom stereocenters. The standard InChI is InChI=1S/C16H18ClFN2S/c1-11-10-21-16(20(11)13-5-3-2-4-6-13)19-12-7-8-14(17)15(18)9-12/h7-10,13H,2-6H2,1H3. The van der Waals surface area contributed by atoms with Crippen molar-refractivity contribution in [1.82, 2.24) is 4.57 Å². The molecule has 1 saturated carbocycles. The molecule has 21 heavy (non-hydrogen) atoms. The van der Waals surface area contributed by atoms with Gasteiger partial charge in [0.15, 0.2) is 4.80 Å². The van der Waals surface area contributed by atoms with Gasteiger partial charge in [-0.2, -0.15) is 0 Å². The second kappa shape index (κ2) is 6.32. The van der Waals surface area contributed by atoms with Crippen LogP contribution in [0.25, 0.3) is 0 Å². The summed E-state index contributed by atoms with van der Waals surface area (Å²) >= 11 is 7.34. The fourth-order valence-corrected chi connectivity index (χ4v) is 4.00. The van der Waals surface area contributed by atoms with Crippen LogP contribution in [-0.4, -0.2) is 4.57 Å². The number of aromatic nitrogens is 1. The molecule has 5 heteroatoms. The van der Waals surface area contributed by atoms with Gasteiger partial charge in [-0.25, -0.2) is 9.38 Å². The van der Waals surface area contributed by atoms with Gasteiger partial charge in [-0.3, -0.25) is 0 Å². The van der Waals surface area contributed by atoms with Gasteiger partial charge in [-0.15, -0.1) is 11.3 Å². The van der Waals surface area contributed by atoms with Crippen LogP contribution < -0.4 is 4.80 Å². The van der Waals surface area contributed by atoms with Crippen LogP contribution in [0.3, 0.4) is 0 Å². The summed E-state index contributed by atoms with van der Waals surface area (Å²) in [7, 11) is 0. The molecular formula is C16H18ClFN2S. The van der Waals surface area contributed by atoms with Gasteiger partial charge < -0.3 is 4.57 Å². The number of aryl methyl sites for hydroxylation is 1. The van der Waals surface area contributed by atoms with E-state index in [4.69, 9.17) is 11.6 Å². The van der Waals surface area contributed by atoms with Crippen LogP contribution in [0.1, 0.15) is 43.8 Å². The van der Waals surface area contributed by atoms with E-state index in [1.165, 1.54) is 43.9 Å². The number of thiazole rings is 1. The molecule has 1 aromatic heterocycles. The summed E-state index contributed by atoms with van der Waals surface area (Å²) in [5, 5.41) is 2.26. The van der Waals surface area contributed by atoms with Gasteiger partial charge >= 0.3 is 0 Å². The minimum absolute atomic E-state index is 0.136. The van der Waals surface area contributed by atoms with E-state index in [9.17, 15) is 4.39 Å². The largest absolute Gasteiger partial charge is 0.318 e. The molecule has 1 fully saturated rings. The molecular weight excluding hydrogens is 307 g/mol. The molecule has 0 saturated heterocycles. The van der Waals surface area contributed by atoms with E-state index in [1.807, 2.05) is 0 Å². The Bertz CT molecular complexity index is 699. The number of halogens is 2. The minimum atomic E-state index is -0.421. The molecule has 1 aliphatic rings. The molecule has 1 heterocycles. The Morgan fingerprint density at radius 1 is 1.29 bits per heavy atom. The van der Waals surface area contributed by atoms with Crippen molar-refractivity contribution >= 4 is 28.6 Å². The molecule has 0 amide bonds. The maximum Gasteiger partial charge on any atom is 0.190 e. The molecule has 2 aromatic rings. The van der Waals surface area contributed by atoms with Crippen molar-refractivity contribution < 1.29 is 4.39 Å². The Balaban J connectivity index is 2.01. The molecule has 0 aliphatic heterocycles. The van der Waals surface area contributed by atoms with E-state index in [-0.39, 0.29) is 5.02 Å². The van der Waals surface area contributed by atoms with Crippen LogP contribution in [0.15, 0.2) is 28.6 Å². The van der Waals surface area contributed by atoms with Gasteiger partial charge in [0, 0.05) is 23.2 Å². The number of hydrogen-bond donors (Lipinski definition) is 0. The first-order valence-corrected chi connectivity index (χ1v) is 8.57. The van der Waals surface area contributed by atoms with Crippen molar-refractivity contribution in [2.24, 2.45) is 4.99 Å². The first kappa shape index (κ1) is 14.8. The highest BCUT2D eigenvalue weighted by Crippen LogP contribution is 2.29. The lowest BCUT2D eigenvalue weighted by molar-refractivity contribution is 0.344. The molecule has 1 aromatic carbocycles. The van der Waals surface area contributed by atoms with Crippen molar-refractivity contribution in [3.63, 3.8) is 0 Å². The normalized spacial score (nSPS) is 17.4. The molecule has 0 N–H and O–H groups in total. The topological polar surface area (TPSA) is 17.3 Å². The first-order chi connectivity index (χ1) is 10.1. The van der Waals surface area contributed by atoms with Crippen molar-refractivity contribution in [2.75, 3.05) is 0 Å². The highest BCUT2D eigenvalue weighted by atomic mass is 35.5. The monoisotopic (exact) mass is 324 g/mol. The Morgan fingerprint density at radius 2 is 2.05 bits per heavy atom. The maximum absolute atomic E-state index is 13.5. The molecule has 1 aliphatic carbocycles. The molecule has 2 nitrogen and oxygen atoms in total. The van der Waals surface area contributed by atoms with Crippen molar-refractivity contribution in [2.45, 2.75) is 45.1 Å². The molecule has 0 spiro atoms. The number of rotatable bonds is 2. The van der Waals surface area contributed by atoms with E-state index < -0.39 is 5.82 Å². The van der Waals surface area contributed by atoms with Crippen LogP contribution >= 0.6 is 22.9 Å². The first-order valence-electron chi connectivity index (χ1n) is 7.31. The molecule has 0 atom stereocenters. The third-order valence-corrected chi connectivity index (χ3v) is 5.25. The highest BCUT2D eigenvalue weighted by Gasteiger charge is 2.17. The molecule has 3 rings (SSSR count). The summed E-state index contributed by atoms with van der Waals surface area (Å²) in [4.78, 5) is 5.57. The zero-order valence-corrected chi connectivity index (χ0v) is 13.6. The fraction of sp³-hybridized carbons (Fsp3) is 0.438. The summed E-state index contributed by atoms with van der Waals surface area (Å²) in [6, 6.07) is 5.23. The fourth-order valence-electron chi connectivity index (χ4n) is 2.93. The van der Waals surface area contributed by atoms with Crippen LogP contribution in [-0.2, 0) is 0 Å². The summed E-state index contributed by atoms with van der Waals surface area (Å²) in [6.45, 7) is 2.12. The average Bonchev–Trinajstić information content (AvgIpc) is 2.85. The quantitative estimate of drug-likeness (QED) is 0.705. The van der Waals surface area contributed by atoms with Crippen LogP contribution in [0.5, 0.6) is 0 Å². The summed E-state index contributed by atoms with van der Waals surface area (Å²) in [5.41, 5.74) is 1.85. The van der Waals surface area contributed by atoms with Gasteiger partial charge in [0.2, 0.25) is 0 Å². The Labute approximate surface area is 132 Å². The van der Waals surface area contributed by atoms with Gasteiger partial charge in [-0.1, -0.05) is 30.9 Å². The lowest BCUT2D eigenvalue weighted by Gasteiger charge is -2.24. The van der Waals surface area contributed by atoms with Crippen LogP contribution in [0, 0.1) is 12.7 Å². The van der Waals surface area contributed by atoms with E-state index in [0.29, 0.717) is 11.7 Å². The summed E-state index contributed by atoms with van der Waals surface area (Å²) in [5.74, 6) is -0.421.